The van der Waals surface area contributed by atoms with Crippen LogP contribution in [0.5, 0.6) is 0 Å². The van der Waals surface area contributed by atoms with Gasteiger partial charge in [-0.3, -0.25) is 4.79 Å². The van der Waals surface area contributed by atoms with Crippen molar-refractivity contribution in [3.63, 3.8) is 0 Å². The van der Waals surface area contributed by atoms with Crippen LogP contribution in [0.4, 0.5) is 0 Å². The summed E-state index contributed by atoms with van der Waals surface area (Å²) in [5.41, 5.74) is 6.30. The Balaban J connectivity index is 1.46. The van der Waals surface area contributed by atoms with Crippen molar-refractivity contribution in [2.24, 2.45) is 5.73 Å². The summed E-state index contributed by atoms with van der Waals surface area (Å²) in [4.78, 5) is 24.4. The molecule has 1 atom stereocenters. The average molecular weight is 496 g/mol. The summed E-state index contributed by atoms with van der Waals surface area (Å²) in [6.07, 6.45) is 3.06. The number of nitrogens with two attached hydrogens (primary N) is 1. The van der Waals surface area contributed by atoms with E-state index < -0.39 is 28.0 Å². The Morgan fingerprint density at radius 1 is 1.30 bits per heavy atom. The highest BCUT2D eigenvalue weighted by atomic mass is 32.2. The van der Waals surface area contributed by atoms with Crippen LogP contribution in [0.15, 0.2) is 29.2 Å². The maximum absolute atomic E-state index is 12.5. The Hall–Kier alpha value is -2.25. The summed E-state index contributed by atoms with van der Waals surface area (Å²) < 4.78 is 32.1. The highest BCUT2D eigenvalue weighted by Crippen LogP contribution is 2.28. The van der Waals surface area contributed by atoms with Gasteiger partial charge >= 0.3 is 11.9 Å². The maximum Gasteiger partial charge on any atom is 0.333 e. The van der Waals surface area contributed by atoms with E-state index in [1.165, 1.54) is 12.1 Å². The van der Waals surface area contributed by atoms with E-state index in [-0.39, 0.29) is 17.9 Å². The minimum absolute atomic E-state index is 0.000919. The number of sulfonamides is 1. The van der Waals surface area contributed by atoms with Crippen LogP contribution in [0, 0.1) is 6.92 Å². The number of rotatable bonds is 10. The van der Waals surface area contributed by atoms with Crippen molar-refractivity contribution in [3.05, 3.63) is 39.8 Å². The molecule has 2 heterocycles. The molecule has 1 unspecified atom stereocenters. The van der Waals surface area contributed by atoms with Gasteiger partial charge in [0.15, 0.2) is 0 Å². The van der Waals surface area contributed by atoms with E-state index >= 15 is 0 Å². The van der Waals surface area contributed by atoms with E-state index in [0.717, 1.165) is 41.5 Å². The molecule has 0 aliphatic carbocycles. The molecule has 2 aromatic rings. The number of esters is 2. The molecule has 4 N–H and O–H groups in total. The topological polar surface area (TPSA) is 153 Å². The molecular formula is C21H29N5O5S2. The van der Waals surface area contributed by atoms with Gasteiger partial charge in [-0.15, -0.1) is 21.5 Å². The van der Waals surface area contributed by atoms with Crippen LogP contribution in [0.25, 0.3) is 0 Å². The van der Waals surface area contributed by atoms with Gasteiger partial charge in [0.05, 0.1) is 4.90 Å². The van der Waals surface area contributed by atoms with E-state index in [2.05, 4.69) is 20.2 Å². The Bertz CT molecular complexity index is 1070. The lowest BCUT2D eigenvalue weighted by atomic mass is 9.99. The van der Waals surface area contributed by atoms with E-state index in [1.807, 2.05) is 0 Å². The van der Waals surface area contributed by atoms with Crippen molar-refractivity contribution >= 4 is 33.3 Å². The summed E-state index contributed by atoms with van der Waals surface area (Å²) in [6.45, 7) is 3.36. The first kappa shape index (κ1) is 25.4. The van der Waals surface area contributed by atoms with Crippen molar-refractivity contribution < 1.29 is 22.7 Å². The molecule has 10 nitrogen and oxygen atoms in total. The number of benzene rings is 1. The quantitative estimate of drug-likeness (QED) is 0.324. The number of nitrogens with one attached hydrogen (secondary N) is 2. The van der Waals surface area contributed by atoms with Crippen LogP contribution in [0.3, 0.4) is 0 Å². The van der Waals surface area contributed by atoms with Gasteiger partial charge in [0.25, 0.3) is 0 Å². The third-order valence-corrected chi connectivity index (χ3v) is 7.89. The first-order valence-electron chi connectivity index (χ1n) is 10.8. The average Bonchev–Trinajstić information content (AvgIpc) is 3.27. The molecule has 1 aromatic heterocycles. The predicted molar refractivity (Wildman–Crippen MR) is 123 cm³/mol. The lowest BCUT2D eigenvalue weighted by Crippen LogP contribution is -2.47. The molecule has 0 saturated carbocycles. The van der Waals surface area contributed by atoms with Gasteiger partial charge in [-0.1, -0.05) is 12.1 Å². The molecular weight excluding hydrogens is 466 g/mol. The molecule has 1 aliphatic heterocycles. The number of nitrogens with zero attached hydrogens (tertiary/aromatic N) is 2. The van der Waals surface area contributed by atoms with Gasteiger partial charge in [0.2, 0.25) is 10.0 Å². The Morgan fingerprint density at radius 2 is 2.06 bits per heavy atom. The number of hydrogen-bond donors (Lipinski definition) is 3. The first-order valence-corrected chi connectivity index (χ1v) is 13.1. The van der Waals surface area contributed by atoms with Crippen LogP contribution >= 0.6 is 11.3 Å². The molecule has 0 amide bonds. The van der Waals surface area contributed by atoms with Crippen molar-refractivity contribution in [2.45, 2.75) is 55.9 Å². The van der Waals surface area contributed by atoms with Crippen LogP contribution in [-0.2, 0) is 30.8 Å². The fourth-order valence-electron chi connectivity index (χ4n) is 3.45. The number of carbonyl (C=O) groups is 2. The van der Waals surface area contributed by atoms with Crippen molar-refractivity contribution in [1.29, 1.82) is 0 Å². The molecule has 0 radical (unpaired) electrons. The highest BCUT2D eigenvalue weighted by Gasteiger charge is 2.27. The third-order valence-electron chi connectivity index (χ3n) is 5.27. The maximum atomic E-state index is 12.5. The Kier molecular flexibility index (Phi) is 9.03. The van der Waals surface area contributed by atoms with Gasteiger partial charge in [-0.2, -0.15) is 4.72 Å². The van der Waals surface area contributed by atoms with Gasteiger partial charge in [-0.25, -0.2) is 13.2 Å². The zero-order valence-electron chi connectivity index (χ0n) is 18.5. The fourth-order valence-corrected chi connectivity index (χ4v) is 5.81. The lowest BCUT2D eigenvalue weighted by Gasteiger charge is -2.19. The van der Waals surface area contributed by atoms with Crippen molar-refractivity contribution in [1.82, 2.24) is 20.2 Å². The van der Waals surface area contributed by atoms with Crippen molar-refractivity contribution in [3.8, 4) is 0 Å². The van der Waals surface area contributed by atoms with Crippen LogP contribution in [0.1, 0.15) is 47.2 Å². The summed E-state index contributed by atoms with van der Waals surface area (Å²) >= 11 is 1.56. The zero-order valence-corrected chi connectivity index (χ0v) is 20.1. The summed E-state index contributed by atoms with van der Waals surface area (Å²) in [7, 11) is -3.99. The van der Waals surface area contributed by atoms with Crippen molar-refractivity contribution in [2.75, 3.05) is 19.6 Å². The number of aryl methyl sites for hydroxylation is 2. The van der Waals surface area contributed by atoms with E-state index in [1.54, 1.807) is 30.4 Å². The normalized spacial score (nSPS) is 15.8. The standard InChI is InChI=1S/C21H29N5O5S2/c1-14-4-2-5-16(12-14)33(29,30)26-17(13-22)21(28)31-19(27)7-3-6-18-24-25-20(32-18)15-8-10-23-11-9-15/h2,4-5,12,15,17,23,26H,3,6-11,13,22H2,1H3. The second-order valence-electron chi connectivity index (χ2n) is 7.93. The van der Waals surface area contributed by atoms with Crippen LogP contribution in [-0.4, -0.2) is 56.2 Å². The van der Waals surface area contributed by atoms with Gasteiger partial charge in [0, 0.05) is 25.3 Å². The molecule has 1 aliphatic rings. The monoisotopic (exact) mass is 495 g/mol. The number of hydrogen-bond acceptors (Lipinski definition) is 10. The highest BCUT2D eigenvalue weighted by molar-refractivity contribution is 7.89. The molecule has 3 rings (SSSR count). The molecule has 0 bridgehead atoms. The predicted octanol–water partition coefficient (Wildman–Crippen LogP) is 1.01. The minimum Gasteiger partial charge on any atom is -0.392 e. The van der Waals surface area contributed by atoms with Gasteiger partial charge in [-0.05, 0) is 57.0 Å². The van der Waals surface area contributed by atoms with Crippen LogP contribution < -0.4 is 15.8 Å². The molecule has 1 saturated heterocycles. The zero-order chi connectivity index (χ0) is 23.8. The second kappa shape index (κ2) is 11.7. The van der Waals surface area contributed by atoms with E-state index in [0.29, 0.717) is 18.8 Å². The summed E-state index contributed by atoms with van der Waals surface area (Å²) in [6, 6.07) is 4.86. The second-order valence-corrected chi connectivity index (χ2v) is 10.7. The molecule has 1 aromatic carbocycles. The van der Waals surface area contributed by atoms with Gasteiger partial charge < -0.3 is 15.8 Å². The number of ether oxygens (including phenoxy) is 1. The van der Waals surface area contributed by atoms with E-state index in [9.17, 15) is 18.0 Å². The first-order chi connectivity index (χ1) is 15.8. The largest absolute Gasteiger partial charge is 0.392 e. The smallest absolute Gasteiger partial charge is 0.333 e. The summed E-state index contributed by atoms with van der Waals surface area (Å²) in [5.74, 6) is -1.34. The van der Waals surface area contributed by atoms with Crippen LogP contribution in [0.2, 0.25) is 0 Å². The van der Waals surface area contributed by atoms with Gasteiger partial charge in [0.1, 0.15) is 16.1 Å². The SMILES string of the molecule is Cc1cccc(S(=O)(=O)NC(CN)C(=O)OC(=O)CCCc2nnc(C3CCNCC3)s2)c1. The fraction of sp³-hybridized carbons (Fsp3) is 0.524. The number of carbonyl (C=O) groups excluding carboxylic acids is 2. The Morgan fingerprint density at radius 3 is 2.76 bits per heavy atom. The number of piperidine rings is 1. The summed E-state index contributed by atoms with van der Waals surface area (Å²) in [5, 5.41) is 13.7. The molecule has 180 valence electrons. The molecule has 12 heteroatoms. The van der Waals surface area contributed by atoms with E-state index in [4.69, 9.17) is 10.5 Å². The molecule has 33 heavy (non-hydrogen) atoms. The number of aromatic nitrogens is 2. The Labute approximate surface area is 197 Å². The minimum atomic E-state index is -3.99. The third kappa shape index (κ3) is 7.37. The molecule has 0 spiro atoms. The lowest BCUT2D eigenvalue weighted by molar-refractivity contribution is -0.160. The molecule has 1 fully saturated rings.